The van der Waals surface area contributed by atoms with Crippen molar-refractivity contribution in [3.8, 4) is 17.1 Å². The number of alkyl halides is 6. The van der Waals surface area contributed by atoms with Gasteiger partial charge in [0.2, 0.25) is 0 Å². The lowest BCUT2D eigenvalue weighted by Gasteiger charge is -2.35. The molecular formula is C24H18F6N4O4. The number of carbonyl (C=O) groups is 2. The van der Waals surface area contributed by atoms with Gasteiger partial charge in [-0.2, -0.15) is 31.4 Å². The lowest BCUT2D eigenvalue weighted by molar-refractivity contribution is -0.202. The minimum atomic E-state index is -5.45. The van der Waals surface area contributed by atoms with Gasteiger partial charge in [0, 0.05) is 6.20 Å². The maximum Gasteiger partial charge on any atom is 0.493 e. The number of rotatable bonds is 5. The van der Waals surface area contributed by atoms with Crippen molar-refractivity contribution in [2.24, 2.45) is 0 Å². The number of amides is 1. The maximum atomic E-state index is 13.3. The molecule has 4 rings (SSSR count). The van der Waals surface area contributed by atoms with E-state index in [0.717, 1.165) is 17.8 Å². The first-order chi connectivity index (χ1) is 17.8. The molecule has 1 aromatic heterocycles. The largest absolute Gasteiger partial charge is 0.496 e. The zero-order chi connectivity index (χ0) is 27.8. The highest BCUT2D eigenvalue weighted by molar-refractivity contribution is 6.02. The number of nitrogens with one attached hydrogen (secondary N) is 2. The van der Waals surface area contributed by atoms with Crippen LogP contribution in [0.1, 0.15) is 27.2 Å². The number of aromatic amines is 1. The first-order valence-corrected chi connectivity index (χ1v) is 10.8. The molecule has 1 aliphatic rings. The Morgan fingerprint density at radius 1 is 1.08 bits per heavy atom. The van der Waals surface area contributed by atoms with Gasteiger partial charge in [0.1, 0.15) is 11.6 Å². The number of ether oxygens (including phenoxy) is 1. The second kappa shape index (κ2) is 9.76. The van der Waals surface area contributed by atoms with E-state index in [4.69, 9.17) is 4.74 Å². The van der Waals surface area contributed by atoms with Crippen LogP contribution in [-0.2, 0) is 15.8 Å². The number of aromatic nitrogens is 2. The Bertz CT molecular complexity index is 1410. The van der Waals surface area contributed by atoms with E-state index in [1.807, 2.05) is 0 Å². The average molecular weight is 540 g/mol. The van der Waals surface area contributed by atoms with Crippen molar-refractivity contribution in [3.63, 3.8) is 0 Å². The minimum Gasteiger partial charge on any atom is -0.496 e. The average Bonchev–Trinajstić information content (AvgIpc) is 3.28. The SMILES string of the molecule is COc1cc(C=CC2NC(=O)c3ccc(C(F)(F)F)cc3N2OC(=O)C(F)(F)F)ccc1-c1nc(C)c[nH]1. The molecule has 3 aromatic rings. The van der Waals surface area contributed by atoms with Gasteiger partial charge < -0.3 is 19.9 Å². The third-order valence-corrected chi connectivity index (χ3v) is 5.41. The first-order valence-electron chi connectivity index (χ1n) is 10.8. The van der Waals surface area contributed by atoms with E-state index >= 15 is 0 Å². The summed E-state index contributed by atoms with van der Waals surface area (Å²) in [6.45, 7) is 1.79. The molecule has 14 heteroatoms. The summed E-state index contributed by atoms with van der Waals surface area (Å²) < 4.78 is 84.1. The van der Waals surface area contributed by atoms with E-state index in [9.17, 15) is 35.9 Å². The van der Waals surface area contributed by atoms with Crippen LogP contribution in [-0.4, -0.2) is 41.3 Å². The molecule has 1 amide bonds. The zero-order valence-corrected chi connectivity index (χ0v) is 19.6. The van der Waals surface area contributed by atoms with E-state index in [1.54, 1.807) is 31.3 Å². The summed E-state index contributed by atoms with van der Waals surface area (Å²) in [7, 11) is 1.41. The van der Waals surface area contributed by atoms with Gasteiger partial charge in [0.05, 0.1) is 35.2 Å². The number of imidazole rings is 1. The Balaban J connectivity index is 1.72. The molecule has 0 spiro atoms. The lowest BCUT2D eigenvalue weighted by Crippen LogP contribution is -2.53. The number of hydrogen-bond donors (Lipinski definition) is 2. The molecule has 8 nitrogen and oxygen atoms in total. The van der Waals surface area contributed by atoms with Crippen LogP contribution in [0, 0.1) is 6.92 Å². The molecule has 0 fully saturated rings. The number of nitrogens with zero attached hydrogens (tertiary/aromatic N) is 2. The van der Waals surface area contributed by atoms with E-state index in [0.29, 0.717) is 34.8 Å². The van der Waals surface area contributed by atoms with Crippen LogP contribution in [0.15, 0.2) is 48.7 Å². The quantitative estimate of drug-likeness (QED) is 0.442. The molecular weight excluding hydrogens is 522 g/mol. The van der Waals surface area contributed by atoms with Crippen molar-refractivity contribution in [3.05, 3.63) is 71.1 Å². The third-order valence-electron chi connectivity index (χ3n) is 5.41. The molecule has 200 valence electrons. The van der Waals surface area contributed by atoms with Gasteiger partial charge in [0.25, 0.3) is 5.91 Å². The van der Waals surface area contributed by atoms with Crippen molar-refractivity contribution in [2.75, 3.05) is 12.2 Å². The fourth-order valence-corrected chi connectivity index (χ4v) is 3.64. The Morgan fingerprint density at radius 2 is 1.79 bits per heavy atom. The number of anilines is 1. The highest BCUT2D eigenvalue weighted by atomic mass is 19.4. The fraction of sp³-hybridized carbons (Fsp3) is 0.208. The number of carbonyl (C=O) groups excluding carboxylic acids is 2. The van der Waals surface area contributed by atoms with Crippen molar-refractivity contribution >= 4 is 23.6 Å². The van der Waals surface area contributed by atoms with Crippen LogP contribution in [0.25, 0.3) is 17.5 Å². The predicted molar refractivity (Wildman–Crippen MR) is 122 cm³/mol. The van der Waals surface area contributed by atoms with Crippen molar-refractivity contribution < 1.29 is 45.5 Å². The van der Waals surface area contributed by atoms with Crippen LogP contribution >= 0.6 is 0 Å². The minimum absolute atomic E-state index is 0.273. The topological polar surface area (TPSA) is 96.6 Å². The van der Waals surface area contributed by atoms with Gasteiger partial charge in [-0.05, 0) is 48.9 Å². The smallest absolute Gasteiger partial charge is 0.493 e. The van der Waals surface area contributed by atoms with E-state index < -0.39 is 47.2 Å². The number of halogens is 6. The highest BCUT2D eigenvalue weighted by Crippen LogP contribution is 2.37. The normalized spacial score (nSPS) is 15.8. The summed E-state index contributed by atoms with van der Waals surface area (Å²) in [6, 6.07) is 6.63. The standard InChI is InChI=1S/C24H18F6N4O4/c1-12-11-31-20(32-12)16-6-3-13(9-18(16)37-2)4-8-19-33-21(35)15-7-5-14(23(25,26)27)10-17(15)34(19)38-22(36)24(28,29)30/h3-11,19H,1-2H3,(H,31,32)(H,33,35). The molecule has 2 heterocycles. The number of benzene rings is 2. The Labute approximate surface area is 210 Å². The summed E-state index contributed by atoms with van der Waals surface area (Å²) in [5.74, 6) is -2.66. The number of aryl methyl sites for hydroxylation is 1. The molecule has 0 radical (unpaired) electrons. The second-order valence-electron chi connectivity index (χ2n) is 8.06. The van der Waals surface area contributed by atoms with Gasteiger partial charge in [0.15, 0.2) is 6.17 Å². The van der Waals surface area contributed by atoms with E-state index in [-0.39, 0.29) is 5.06 Å². The summed E-state index contributed by atoms with van der Waals surface area (Å²) in [6.07, 6.45) is -7.71. The number of hydrogen-bond acceptors (Lipinski definition) is 6. The highest BCUT2D eigenvalue weighted by Gasteiger charge is 2.45. The van der Waals surface area contributed by atoms with Crippen LogP contribution in [0.3, 0.4) is 0 Å². The number of fused-ring (bicyclic) bond motifs is 1. The molecule has 2 N–H and O–H groups in total. The maximum absolute atomic E-state index is 13.3. The van der Waals surface area contributed by atoms with Crippen LogP contribution in [0.2, 0.25) is 0 Å². The molecule has 0 aliphatic carbocycles. The van der Waals surface area contributed by atoms with Gasteiger partial charge in [-0.1, -0.05) is 12.1 Å². The summed E-state index contributed by atoms with van der Waals surface area (Å²) in [4.78, 5) is 35.9. The monoisotopic (exact) mass is 540 g/mol. The summed E-state index contributed by atoms with van der Waals surface area (Å²) in [5, 5.41) is 2.58. The molecule has 1 atom stereocenters. The first kappa shape index (κ1) is 26.6. The molecule has 1 unspecified atom stereocenters. The second-order valence-corrected chi connectivity index (χ2v) is 8.06. The molecule has 1 aliphatic heterocycles. The van der Waals surface area contributed by atoms with Crippen molar-refractivity contribution in [1.82, 2.24) is 15.3 Å². The summed E-state index contributed by atoms with van der Waals surface area (Å²) in [5.41, 5.74) is -0.552. The summed E-state index contributed by atoms with van der Waals surface area (Å²) >= 11 is 0. The molecule has 0 saturated carbocycles. The Morgan fingerprint density at radius 3 is 2.39 bits per heavy atom. The van der Waals surface area contributed by atoms with E-state index in [1.165, 1.54) is 13.2 Å². The van der Waals surface area contributed by atoms with Gasteiger partial charge in [-0.3, -0.25) is 4.79 Å². The number of hydroxylamine groups is 1. The van der Waals surface area contributed by atoms with Crippen LogP contribution < -0.4 is 15.1 Å². The molecule has 0 bridgehead atoms. The van der Waals surface area contributed by atoms with Crippen LogP contribution in [0.5, 0.6) is 5.75 Å². The third kappa shape index (κ3) is 5.43. The van der Waals surface area contributed by atoms with Gasteiger partial charge >= 0.3 is 18.3 Å². The van der Waals surface area contributed by atoms with Gasteiger partial charge in [-0.25, -0.2) is 9.78 Å². The van der Waals surface area contributed by atoms with E-state index in [2.05, 4.69) is 20.1 Å². The van der Waals surface area contributed by atoms with Gasteiger partial charge in [-0.15, -0.1) is 0 Å². The number of methoxy groups -OCH3 is 1. The molecule has 2 aromatic carbocycles. The zero-order valence-electron chi connectivity index (χ0n) is 19.6. The Kier molecular flexibility index (Phi) is 6.82. The number of H-pyrrole nitrogens is 1. The van der Waals surface area contributed by atoms with Crippen LogP contribution in [0.4, 0.5) is 32.0 Å². The predicted octanol–water partition coefficient (Wildman–Crippen LogP) is 5.02. The Hall–Kier alpha value is -4.49. The molecule has 38 heavy (non-hydrogen) atoms. The fourth-order valence-electron chi connectivity index (χ4n) is 3.64. The van der Waals surface area contributed by atoms with Crippen molar-refractivity contribution in [2.45, 2.75) is 25.4 Å². The molecule has 0 saturated heterocycles. The van der Waals surface area contributed by atoms with Crippen molar-refractivity contribution in [1.29, 1.82) is 0 Å². The lowest BCUT2D eigenvalue weighted by atomic mass is 10.0.